The molecule has 0 bridgehead atoms. The number of nitrogens with zero attached hydrogens (tertiary/aromatic N) is 1. The van der Waals surface area contributed by atoms with Gasteiger partial charge in [-0.3, -0.25) is 4.79 Å². The maximum atomic E-state index is 14.1. The Hall–Kier alpha value is -2.67. The fourth-order valence-electron chi connectivity index (χ4n) is 3.30. The van der Waals surface area contributed by atoms with Crippen LogP contribution in [0.15, 0.2) is 36.4 Å². The van der Waals surface area contributed by atoms with Crippen LogP contribution in [0, 0.1) is 11.6 Å². The highest BCUT2D eigenvalue weighted by atomic mass is 19.1. The third-order valence-corrected chi connectivity index (χ3v) is 4.48. The van der Waals surface area contributed by atoms with Crippen molar-refractivity contribution < 1.29 is 28.2 Å². The number of amides is 1. The summed E-state index contributed by atoms with van der Waals surface area (Å²) in [7, 11) is 0. The van der Waals surface area contributed by atoms with Gasteiger partial charge in [0.15, 0.2) is 11.5 Å². The van der Waals surface area contributed by atoms with Gasteiger partial charge < -0.3 is 19.5 Å². The molecule has 1 fully saturated rings. The van der Waals surface area contributed by atoms with Crippen LogP contribution >= 0.6 is 0 Å². The molecule has 2 aliphatic heterocycles. The van der Waals surface area contributed by atoms with E-state index in [0.29, 0.717) is 17.1 Å². The fourth-order valence-corrected chi connectivity index (χ4v) is 3.30. The number of benzene rings is 2. The molecule has 25 heavy (non-hydrogen) atoms. The van der Waals surface area contributed by atoms with Gasteiger partial charge in [0.05, 0.1) is 12.1 Å². The molecule has 2 aromatic rings. The van der Waals surface area contributed by atoms with Crippen LogP contribution in [0.25, 0.3) is 0 Å². The number of ether oxygens (including phenoxy) is 2. The molecule has 1 saturated heterocycles. The van der Waals surface area contributed by atoms with Gasteiger partial charge in [-0.15, -0.1) is 0 Å². The number of β-amino-alcohol motifs (C(OH)–C–C–N with tert-alkyl or cyclic N) is 1. The molecule has 0 aromatic heterocycles. The summed E-state index contributed by atoms with van der Waals surface area (Å²) in [5.41, 5.74) is 0.394. The molecule has 0 radical (unpaired) electrons. The van der Waals surface area contributed by atoms with Gasteiger partial charge in [-0.1, -0.05) is 0 Å². The van der Waals surface area contributed by atoms with E-state index in [4.69, 9.17) is 9.47 Å². The first-order valence-electron chi connectivity index (χ1n) is 7.86. The summed E-state index contributed by atoms with van der Waals surface area (Å²) < 4.78 is 38.2. The Bertz CT molecular complexity index is 842. The number of carbonyl (C=O) groups is 1. The topological polar surface area (TPSA) is 59.0 Å². The van der Waals surface area contributed by atoms with Gasteiger partial charge >= 0.3 is 0 Å². The Labute approximate surface area is 142 Å². The summed E-state index contributed by atoms with van der Waals surface area (Å²) in [6.45, 7) is 0.139. The molecular formula is C18H15F2NO4. The monoisotopic (exact) mass is 347 g/mol. The molecule has 4 rings (SSSR count). The number of hydrogen-bond acceptors (Lipinski definition) is 4. The van der Waals surface area contributed by atoms with Crippen LogP contribution in [0.3, 0.4) is 0 Å². The molecule has 2 atom stereocenters. The molecular weight excluding hydrogens is 332 g/mol. The van der Waals surface area contributed by atoms with E-state index in [9.17, 15) is 18.7 Å². The van der Waals surface area contributed by atoms with E-state index in [0.717, 1.165) is 18.2 Å². The quantitative estimate of drug-likeness (QED) is 0.907. The maximum absolute atomic E-state index is 14.1. The molecule has 1 N–H and O–H groups in total. The molecule has 0 spiro atoms. The lowest BCUT2D eigenvalue weighted by Crippen LogP contribution is -2.32. The highest BCUT2D eigenvalue weighted by molar-refractivity contribution is 5.95. The number of carbonyl (C=O) groups excluding carboxylic acids is 1. The number of hydrogen-bond donors (Lipinski definition) is 1. The summed E-state index contributed by atoms with van der Waals surface area (Å²) >= 11 is 0. The Morgan fingerprint density at radius 3 is 2.76 bits per heavy atom. The summed E-state index contributed by atoms with van der Waals surface area (Å²) in [5, 5.41) is 9.99. The van der Waals surface area contributed by atoms with E-state index in [2.05, 4.69) is 0 Å². The third-order valence-electron chi connectivity index (χ3n) is 4.48. The average molecular weight is 347 g/mol. The van der Waals surface area contributed by atoms with Crippen molar-refractivity contribution in [3.63, 3.8) is 0 Å². The van der Waals surface area contributed by atoms with Crippen molar-refractivity contribution in [1.82, 2.24) is 4.90 Å². The van der Waals surface area contributed by atoms with Crippen LogP contribution in [0.5, 0.6) is 11.5 Å². The van der Waals surface area contributed by atoms with Crippen molar-refractivity contribution in [3.8, 4) is 11.5 Å². The third kappa shape index (κ3) is 2.80. The minimum Gasteiger partial charge on any atom is -0.454 e. The Morgan fingerprint density at radius 2 is 1.92 bits per heavy atom. The summed E-state index contributed by atoms with van der Waals surface area (Å²) in [6, 6.07) is 7.14. The number of aliphatic hydroxyl groups excluding tert-OH is 1. The zero-order valence-electron chi connectivity index (χ0n) is 13.1. The highest BCUT2D eigenvalue weighted by Crippen LogP contribution is 2.37. The van der Waals surface area contributed by atoms with Gasteiger partial charge in [-0.2, -0.15) is 0 Å². The van der Waals surface area contributed by atoms with Crippen LogP contribution in [-0.4, -0.2) is 35.4 Å². The van der Waals surface area contributed by atoms with E-state index in [1.165, 1.54) is 4.90 Å². The fraction of sp³-hybridized carbons (Fsp3) is 0.278. The van der Waals surface area contributed by atoms with Crippen LogP contribution in [-0.2, 0) is 0 Å². The molecule has 2 heterocycles. The average Bonchev–Trinajstić information content (AvgIpc) is 3.22. The molecule has 2 aliphatic rings. The van der Waals surface area contributed by atoms with Crippen LogP contribution in [0.1, 0.15) is 28.4 Å². The Balaban J connectivity index is 1.67. The van der Waals surface area contributed by atoms with Gasteiger partial charge in [0.1, 0.15) is 11.6 Å². The van der Waals surface area contributed by atoms with E-state index >= 15 is 0 Å². The SMILES string of the molecule is O=C(c1ccc2c(c1)OCO2)N1C[C@@H](O)C[C@@H]1c1cc(F)ccc1F. The van der Waals surface area contributed by atoms with Gasteiger partial charge in [-0.05, 0) is 42.8 Å². The largest absolute Gasteiger partial charge is 0.454 e. The molecule has 0 aliphatic carbocycles. The summed E-state index contributed by atoms with van der Waals surface area (Å²) in [4.78, 5) is 14.2. The molecule has 0 unspecified atom stereocenters. The predicted octanol–water partition coefficient (Wildman–Crippen LogP) is 2.64. The summed E-state index contributed by atoms with van der Waals surface area (Å²) in [6.07, 6.45) is -0.651. The van der Waals surface area contributed by atoms with Gasteiger partial charge in [0.2, 0.25) is 6.79 Å². The number of likely N-dealkylation sites (tertiary alicyclic amines) is 1. The first-order chi connectivity index (χ1) is 12.0. The standard InChI is InChI=1S/C18H15F2NO4/c19-11-2-3-14(20)13(6-11)15-7-12(22)8-21(15)18(23)10-1-4-16-17(5-10)25-9-24-16/h1-6,12,15,22H,7-9H2/t12-,15+/m0/s1. The lowest BCUT2D eigenvalue weighted by atomic mass is 10.0. The van der Waals surface area contributed by atoms with Gasteiger partial charge in [0, 0.05) is 17.7 Å². The smallest absolute Gasteiger partial charge is 0.254 e. The maximum Gasteiger partial charge on any atom is 0.254 e. The van der Waals surface area contributed by atoms with E-state index in [1.54, 1.807) is 18.2 Å². The van der Waals surface area contributed by atoms with Crippen molar-refractivity contribution >= 4 is 5.91 Å². The zero-order valence-corrected chi connectivity index (χ0v) is 13.1. The second-order valence-corrected chi connectivity index (χ2v) is 6.10. The molecule has 2 aromatic carbocycles. The van der Waals surface area contributed by atoms with Crippen molar-refractivity contribution in [1.29, 1.82) is 0 Å². The number of aliphatic hydroxyl groups is 1. The molecule has 0 saturated carbocycles. The normalized spacial score (nSPS) is 21.6. The van der Waals surface area contributed by atoms with Crippen LogP contribution < -0.4 is 9.47 Å². The minimum atomic E-state index is -0.800. The molecule has 7 heteroatoms. The van der Waals surface area contributed by atoms with Gasteiger partial charge in [-0.25, -0.2) is 8.78 Å². The van der Waals surface area contributed by atoms with Gasteiger partial charge in [0.25, 0.3) is 5.91 Å². The van der Waals surface area contributed by atoms with Crippen molar-refractivity contribution in [2.24, 2.45) is 0 Å². The van der Waals surface area contributed by atoms with Crippen LogP contribution in [0.2, 0.25) is 0 Å². The highest BCUT2D eigenvalue weighted by Gasteiger charge is 2.37. The summed E-state index contributed by atoms with van der Waals surface area (Å²) in [5.74, 6) is -0.578. The lowest BCUT2D eigenvalue weighted by Gasteiger charge is -2.25. The predicted molar refractivity (Wildman–Crippen MR) is 83.3 cm³/mol. The number of halogens is 2. The number of rotatable bonds is 2. The number of fused-ring (bicyclic) bond motifs is 1. The second kappa shape index (κ2) is 6.00. The lowest BCUT2D eigenvalue weighted by molar-refractivity contribution is 0.0713. The van der Waals surface area contributed by atoms with E-state index in [-0.39, 0.29) is 31.2 Å². The zero-order chi connectivity index (χ0) is 17.6. The molecule has 1 amide bonds. The van der Waals surface area contributed by atoms with Crippen LogP contribution in [0.4, 0.5) is 8.78 Å². The van der Waals surface area contributed by atoms with Crippen molar-refractivity contribution in [2.45, 2.75) is 18.6 Å². The molecule has 5 nitrogen and oxygen atoms in total. The minimum absolute atomic E-state index is 0.0495. The first kappa shape index (κ1) is 15.8. The van der Waals surface area contributed by atoms with Crippen molar-refractivity contribution in [2.75, 3.05) is 13.3 Å². The van der Waals surface area contributed by atoms with E-state index in [1.807, 2.05) is 0 Å². The Kier molecular flexibility index (Phi) is 3.80. The van der Waals surface area contributed by atoms with Crippen molar-refractivity contribution in [3.05, 3.63) is 59.2 Å². The first-order valence-corrected chi connectivity index (χ1v) is 7.86. The molecule has 130 valence electrons. The second-order valence-electron chi connectivity index (χ2n) is 6.10. The van der Waals surface area contributed by atoms with E-state index < -0.39 is 23.8 Å². The Morgan fingerprint density at radius 1 is 1.12 bits per heavy atom.